The van der Waals surface area contributed by atoms with Crippen molar-refractivity contribution in [1.29, 1.82) is 5.26 Å². The number of carbonyl (C=O) groups excluding carboxylic acids is 1. The van der Waals surface area contributed by atoms with Gasteiger partial charge in [-0.25, -0.2) is 0 Å². The summed E-state index contributed by atoms with van der Waals surface area (Å²) in [7, 11) is 1.75. The second kappa shape index (κ2) is 7.34. The van der Waals surface area contributed by atoms with Crippen LogP contribution in [0.25, 0.3) is 0 Å². The van der Waals surface area contributed by atoms with Crippen molar-refractivity contribution in [2.45, 2.75) is 32.2 Å². The highest BCUT2D eigenvalue weighted by atomic mass is 16.2. The molecule has 0 aliphatic carbocycles. The molecule has 2 unspecified atom stereocenters. The summed E-state index contributed by atoms with van der Waals surface area (Å²) in [6, 6.07) is 2.38. The maximum absolute atomic E-state index is 12.0. The number of nitriles is 1. The molecule has 5 heteroatoms. The van der Waals surface area contributed by atoms with E-state index in [9.17, 15) is 4.79 Å². The van der Waals surface area contributed by atoms with E-state index in [1.165, 1.54) is 0 Å². The fourth-order valence-corrected chi connectivity index (χ4v) is 2.39. The molecule has 2 atom stereocenters. The molecule has 1 heterocycles. The molecule has 0 radical (unpaired) electrons. The fourth-order valence-electron chi connectivity index (χ4n) is 2.39. The second-order valence-corrected chi connectivity index (χ2v) is 5.21. The number of likely N-dealkylation sites (tertiary alicyclic amines) is 1. The van der Waals surface area contributed by atoms with E-state index in [1.54, 1.807) is 11.9 Å². The molecular weight excluding hydrogens is 228 g/mol. The third-order valence-corrected chi connectivity index (χ3v) is 3.70. The lowest BCUT2D eigenvalue weighted by Gasteiger charge is -2.38. The average molecular weight is 252 g/mol. The lowest BCUT2D eigenvalue weighted by Crippen LogP contribution is -2.50. The summed E-state index contributed by atoms with van der Waals surface area (Å²) in [5.74, 6) is 0.777. The van der Waals surface area contributed by atoms with E-state index in [0.29, 0.717) is 38.0 Å². The summed E-state index contributed by atoms with van der Waals surface area (Å²) in [5.41, 5.74) is 5.78. The van der Waals surface area contributed by atoms with Crippen LogP contribution in [-0.2, 0) is 4.79 Å². The molecule has 2 N–H and O–H groups in total. The Morgan fingerprint density at radius 3 is 2.94 bits per heavy atom. The van der Waals surface area contributed by atoms with Gasteiger partial charge < -0.3 is 10.6 Å². The van der Waals surface area contributed by atoms with Gasteiger partial charge in [-0.3, -0.25) is 9.69 Å². The lowest BCUT2D eigenvalue weighted by molar-refractivity contribution is -0.132. The molecule has 1 fully saturated rings. The normalized spacial score (nSPS) is 24.6. The van der Waals surface area contributed by atoms with Crippen molar-refractivity contribution >= 4 is 5.91 Å². The van der Waals surface area contributed by atoms with Crippen LogP contribution >= 0.6 is 0 Å². The van der Waals surface area contributed by atoms with Gasteiger partial charge in [0.15, 0.2) is 0 Å². The molecule has 0 bridgehead atoms. The maximum Gasteiger partial charge on any atom is 0.236 e. The molecule has 0 aromatic rings. The van der Waals surface area contributed by atoms with Crippen molar-refractivity contribution in [1.82, 2.24) is 9.80 Å². The van der Waals surface area contributed by atoms with Crippen LogP contribution in [0.15, 0.2) is 0 Å². The number of piperidine rings is 1. The Morgan fingerprint density at radius 1 is 1.61 bits per heavy atom. The van der Waals surface area contributed by atoms with Gasteiger partial charge in [-0.15, -0.1) is 0 Å². The first-order valence-corrected chi connectivity index (χ1v) is 6.63. The zero-order chi connectivity index (χ0) is 13.5. The van der Waals surface area contributed by atoms with Crippen molar-refractivity contribution in [2.75, 3.05) is 33.2 Å². The van der Waals surface area contributed by atoms with Crippen LogP contribution in [0, 0.1) is 17.2 Å². The molecule has 0 aromatic heterocycles. The molecule has 102 valence electrons. The van der Waals surface area contributed by atoms with Crippen molar-refractivity contribution in [3.05, 3.63) is 0 Å². The molecule has 1 rings (SSSR count). The smallest absolute Gasteiger partial charge is 0.236 e. The topological polar surface area (TPSA) is 73.4 Å². The number of likely N-dealkylation sites (N-methyl/N-ethyl adjacent to an activating group) is 1. The van der Waals surface area contributed by atoms with Crippen LogP contribution in [0.2, 0.25) is 0 Å². The minimum Gasteiger partial charge on any atom is -0.344 e. The Kier molecular flexibility index (Phi) is 6.10. The van der Waals surface area contributed by atoms with Gasteiger partial charge in [0.25, 0.3) is 0 Å². The number of hydrogen-bond acceptors (Lipinski definition) is 4. The number of rotatable bonds is 5. The molecule has 1 aliphatic heterocycles. The summed E-state index contributed by atoms with van der Waals surface area (Å²) < 4.78 is 0. The fraction of sp³-hybridized carbons (Fsp3) is 0.846. The highest BCUT2D eigenvalue weighted by Gasteiger charge is 2.27. The average Bonchev–Trinajstić information content (AvgIpc) is 2.37. The van der Waals surface area contributed by atoms with Gasteiger partial charge in [0.05, 0.1) is 19.0 Å². The molecule has 0 spiro atoms. The van der Waals surface area contributed by atoms with E-state index in [4.69, 9.17) is 11.0 Å². The van der Waals surface area contributed by atoms with E-state index >= 15 is 0 Å². The summed E-state index contributed by atoms with van der Waals surface area (Å²) in [6.45, 7) is 4.73. The van der Waals surface area contributed by atoms with Gasteiger partial charge in [0, 0.05) is 26.2 Å². The van der Waals surface area contributed by atoms with Crippen molar-refractivity contribution in [3.8, 4) is 6.07 Å². The summed E-state index contributed by atoms with van der Waals surface area (Å²) in [5, 5.41) is 8.51. The van der Waals surface area contributed by atoms with Gasteiger partial charge >= 0.3 is 0 Å². The molecule has 5 nitrogen and oxygen atoms in total. The quantitative estimate of drug-likeness (QED) is 0.769. The molecular formula is C13H24N4O. The predicted molar refractivity (Wildman–Crippen MR) is 70.7 cm³/mol. The van der Waals surface area contributed by atoms with E-state index < -0.39 is 0 Å². The number of amides is 1. The monoisotopic (exact) mass is 252 g/mol. The Labute approximate surface area is 110 Å². The highest BCUT2D eigenvalue weighted by Crippen LogP contribution is 2.21. The van der Waals surface area contributed by atoms with Crippen LogP contribution in [0.1, 0.15) is 26.2 Å². The minimum absolute atomic E-state index is 0.0817. The van der Waals surface area contributed by atoms with Crippen molar-refractivity contribution in [2.24, 2.45) is 11.7 Å². The number of carbonyl (C=O) groups is 1. The van der Waals surface area contributed by atoms with Crippen LogP contribution < -0.4 is 5.73 Å². The standard InChI is InChI=1S/C13H24N4O/c1-11-4-7-17(12(8-11)9-15)10-13(18)16(2)6-3-5-14/h11-12H,3-4,6-10,15H2,1-2H3. The van der Waals surface area contributed by atoms with Gasteiger partial charge in [-0.1, -0.05) is 6.92 Å². The number of hydrogen-bond donors (Lipinski definition) is 1. The first kappa shape index (κ1) is 14.9. The summed E-state index contributed by atoms with van der Waals surface area (Å²) in [4.78, 5) is 15.8. The molecule has 1 saturated heterocycles. The Hall–Kier alpha value is -1.12. The Morgan fingerprint density at radius 2 is 2.33 bits per heavy atom. The van der Waals surface area contributed by atoms with Gasteiger partial charge in [0.2, 0.25) is 5.91 Å². The summed E-state index contributed by atoms with van der Waals surface area (Å²) >= 11 is 0. The second-order valence-electron chi connectivity index (χ2n) is 5.21. The highest BCUT2D eigenvalue weighted by molar-refractivity contribution is 5.78. The van der Waals surface area contributed by atoms with Crippen LogP contribution in [0.4, 0.5) is 0 Å². The van der Waals surface area contributed by atoms with Crippen molar-refractivity contribution in [3.63, 3.8) is 0 Å². The third-order valence-electron chi connectivity index (χ3n) is 3.70. The van der Waals surface area contributed by atoms with E-state index in [0.717, 1.165) is 19.4 Å². The molecule has 0 saturated carbocycles. The zero-order valence-electron chi connectivity index (χ0n) is 11.4. The Balaban J connectivity index is 2.45. The molecule has 0 aromatic carbocycles. The maximum atomic E-state index is 12.0. The molecule has 1 aliphatic rings. The first-order chi connectivity index (χ1) is 8.58. The van der Waals surface area contributed by atoms with Crippen LogP contribution in [0.5, 0.6) is 0 Å². The number of nitrogens with zero attached hydrogens (tertiary/aromatic N) is 3. The third kappa shape index (κ3) is 4.28. The molecule has 1 amide bonds. The van der Waals surface area contributed by atoms with E-state index in [2.05, 4.69) is 17.9 Å². The zero-order valence-corrected chi connectivity index (χ0v) is 11.4. The van der Waals surface area contributed by atoms with Gasteiger partial charge in [-0.2, -0.15) is 5.26 Å². The van der Waals surface area contributed by atoms with Gasteiger partial charge in [-0.05, 0) is 25.3 Å². The minimum atomic E-state index is 0.0817. The van der Waals surface area contributed by atoms with E-state index in [-0.39, 0.29) is 5.91 Å². The van der Waals surface area contributed by atoms with Crippen LogP contribution in [-0.4, -0.2) is 55.0 Å². The lowest BCUT2D eigenvalue weighted by atomic mass is 9.92. The predicted octanol–water partition coefficient (Wildman–Crippen LogP) is 0.418. The van der Waals surface area contributed by atoms with Gasteiger partial charge in [0.1, 0.15) is 0 Å². The Bertz CT molecular complexity index is 313. The van der Waals surface area contributed by atoms with Crippen molar-refractivity contribution < 1.29 is 4.79 Å². The SMILES string of the molecule is CC1CCN(CC(=O)N(C)CCC#N)C(CN)C1. The van der Waals surface area contributed by atoms with E-state index in [1.807, 2.05) is 0 Å². The number of nitrogens with two attached hydrogens (primary N) is 1. The molecule has 18 heavy (non-hydrogen) atoms. The first-order valence-electron chi connectivity index (χ1n) is 6.63. The summed E-state index contributed by atoms with van der Waals surface area (Å²) in [6.07, 6.45) is 2.59. The van der Waals surface area contributed by atoms with Crippen LogP contribution in [0.3, 0.4) is 0 Å². The largest absolute Gasteiger partial charge is 0.344 e.